The number of esters is 1. The van der Waals surface area contributed by atoms with Gasteiger partial charge in [-0.05, 0) is 37.3 Å². The van der Waals surface area contributed by atoms with Gasteiger partial charge in [-0.3, -0.25) is 9.59 Å². The second-order valence-electron chi connectivity index (χ2n) is 11.2. The highest BCUT2D eigenvalue weighted by Gasteiger charge is 2.42. The first kappa shape index (κ1) is 35.9. The molecule has 0 aliphatic carbocycles. The highest BCUT2D eigenvalue weighted by Crippen LogP contribution is 2.39. The second-order valence-corrected chi connectivity index (χ2v) is 11.2. The molecule has 2 fully saturated rings. The maximum absolute atomic E-state index is 14.4. The lowest BCUT2D eigenvalue weighted by atomic mass is 9.92. The molecule has 1 unspecified atom stereocenters. The minimum absolute atomic E-state index is 0. The fourth-order valence-corrected chi connectivity index (χ4v) is 5.92. The normalized spacial score (nSPS) is 21.5. The zero-order valence-corrected chi connectivity index (χ0v) is 26.8. The number of amides is 2. The van der Waals surface area contributed by atoms with Crippen molar-refractivity contribution in [1.29, 1.82) is 0 Å². The number of anilines is 2. The first-order valence-electron chi connectivity index (χ1n) is 14.5. The molecule has 0 aromatic heterocycles. The van der Waals surface area contributed by atoms with Gasteiger partial charge in [0.25, 0.3) is 5.91 Å². The zero-order valence-electron chi connectivity index (χ0n) is 25.1. The summed E-state index contributed by atoms with van der Waals surface area (Å²) in [6, 6.07) is 5.30. The number of benzene rings is 1. The number of rotatable bonds is 11. The average molecular weight is 633 g/mol. The highest BCUT2D eigenvalue weighted by atomic mass is 35.5. The van der Waals surface area contributed by atoms with Crippen LogP contribution in [-0.4, -0.2) is 113 Å². The van der Waals surface area contributed by atoms with E-state index in [2.05, 4.69) is 24.5 Å². The highest BCUT2D eigenvalue weighted by molar-refractivity contribution is 6.04. The van der Waals surface area contributed by atoms with E-state index >= 15 is 0 Å². The lowest BCUT2D eigenvalue weighted by Gasteiger charge is -2.42. The number of para-hydroxylation sites is 1. The molecule has 1 aromatic rings. The molecule has 3 atom stereocenters. The molecule has 0 saturated carbocycles. The molecule has 2 saturated heterocycles. The minimum atomic E-state index is -0.669. The number of nitrogens with zero attached hydrogens (tertiary/aromatic N) is 3. The number of hydrogen-bond donors (Lipinski definition) is 2. The van der Waals surface area contributed by atoms with Crippen LogP contribution in [0.15, 0.2) is 18.2 Å². The third-order valence-electron chi connectivity index (χ3n) is 7.85. The van der Waals surface area contributed by atoms with Crippen molar-refractivity contribution in [3.63, 3.8) is 0 Å². The summed E-state index contributed by atoms with van der Waals surface area (Å²) in [5.74, 6) is -0.313. The summed E-state index contributed by atoms with van der Waals surface area (Å²) in [5.41, 5.74) is 1.86. The van der Waals surface area contributed by atoms with E-state index in [0.717, 1.165) is 18.5 Å². The maximum atomic E-state index is 14.4. The molecule has 4 rings (SSSR count). The Morgan fingerprint density at radius 1 is 1.10 bits per heavy atom. The fraction of sp³-hybridized carbons (Fsp3) is 0.690. The zero-order chi connectivity index (χ0) is 28.6. The first-order valence-corrected chi connectivity index (χ1v) is 14.5. The number of carbonyl (C=O) groups is 3. The summed E-state index contributed by atoms with van der Waals surface area (Å²) in [7, 11) is 3.04. The molecule has 3 aliphatic rings. The molecule has 2 amide bonds. The van der Waals surface area contributed by atoms with Crippen LogP contribution in [0, 0.1) is 11.8 Å². The van der Waals surface area contributed by atoms with Gasteiger partial charge < -0.3 is 39.5 Å². The third kappa shape index (κ3) is 8.41. The molecule has 0 radical (unpaired) electrons. The van der Waals surface area contributed by atoms with Gasteiger partial charge in [0.05, 0.1) is 43.2 Å². The molecule has 3 heterocycles. The Morgan fingerprint density at radius 2 is 1.83 bits per heavy atom. The van der Waals surface area contributed by atoms with Crippen molar-refractivity contribution in [2.24, 2.45) is 11.8 Å². The molecule has 1 aromatic carbocycles. The van der Waals surface area contributed by atoms with Gasteiger partial charge in [-0.25, -0.2) is 4.79 Å². The standard InChI is InChI=1S/C29H45N5O6.2ClH/c1-20(2)19-34(22-16-21(17-30-18-22)27(35)32-11-14-40-15-12-32)28(36)26-31-24-9-7-8-23(29(37)39-4)25(24)33(26)10-5-6-13-38-3;;/h7-9,20-22,26,30-31H,5-6,10-19H2,1-4H3;2*1H/t21-,22+,26?;;/m1../s1. The van der Waals surface area contributed by atoms with Gasteiger partial charge in [0, 0.05) is 59.0 Å². The van der Waals surface area contributed by atoms with Gasteiger partial charge in [-0.15, -0.1) is 24.8 Å². The smallest absolute Gasteiger partial charge is 0.340 e. The van der Waals surface area contributed by atoms with Crippen LogP contribution in [0.4, 0.5) is 11.4 Å². The average Bonchev–Trinajstić information content (AvgIpc) is 3.36. The minimum Gasteiger partial charge on any atom is -0.465 e. The Balaban J connectivity index is 0.00000308. The number of unbranched alkanes of at least 4 members (excludes halogenated alkanes) is 1. The van der Waals surface area contributed by atoms with E-state index in [1.165, 1.54) is 7.11 Å². The van der Waals surface area contributed by atoms with Gasteiger partial charge >= 0.3 is 5.97 Å². The Bertz CT molecular complexity index is 1040. The van der Waals surface area contributed by atoms with E-state index in [4.69, 9.17) is 14.2 Å². The van der Waals surface area contributed by atoms with Crippen LogP contribution in [0.25, 0.3) is 0 Å². The topological polar surface area (TPSA) is 113 Å². The monoisotopic (exact) mass is 631 g/mol. The van der Waals surface area contributed by atoms with Crippen molar-refractivity contribution in [3.05, 3.63) is 23.8 Å². The summed E-state index contributed by atoms with van der Waals surface area (Å²) in [6.45, 7) is 9.55. The van der Waals surface area contributed by atoms with E-state index < -0.39 is 12.1 Å². The number of hydrogen-bond acceptors (Lipinski definition) is 9. The number of fused-ring (bicyclic) bond motifs is 1. The number of ether oxygens (including phenoxy) is 3. The Labute approximate surface area is 261 Å². The van der Waals surface area contributed by atoms with E-state index in [0.29, 0.717) is 76.8 Å². The Morgan fingerprint density at radius 3 is 2.50 bits per heavy atom. The van der Waals surface area contributed by atoms with E-state index in [1.807, 2.05) is 20.8 Å². The number of halogens is 2. The van der Waals surface area contributed by atoms with Gasteiger partial charge in [0.15, 0.2) is 6.17 Å². The maximum Gasteiger partial charge on any atom is 0.340 e. The van der Waals surface area contributed by atoms with Gasteiger partial charge in [0.1, 0.15) is 0 Å². The molecular formula is C29H47Cl2N5O6. The predicted octanol–water partition coefficient (Wildman–Crippen LogP) is 2.62. The quantitative estimate of drug-likeness (QED) is 0.281. The van der Waals surface area contributed by atoms with Crippen molar-refractivity contribution in [3.8, 4) is 0 Å². The van der Waals surface area contributed by atoms with E-state index in [-0.39, 0.29) is 54.5 Å². The van der Waals surface area contributed by atoms with Crippen LogP contribution >= 0.6 is 24.8 Å². The number of nitrogens with one attached hydrogen (secondary N) is 2. The molecule has 42 heavy (non-hydrogen) atoms. The molecule has 238 valence electrons. The van der Waals surface area contributed by atoms with Crippen molar-refractivity contribution in [2.45, 2.75) is 45.3 Å². The predicted molar refractivity (Wildman–Crippen MR) is 167 cm³/mol. The molecule has 0 spiro atoms. The number of methoxy groups -OCH3 is 2. The van der Waals surface area contributed by atoms with Crippen molar-refractivity contribution in [1.82, 2.24) is 15.1 Å². The second kappa shape index (κ2) is 17.1. The van der Waals surface area contributed by atoms with E-state index in [1.54, 1.807) is 19.2 Å². The summed E-state index contributed by atoms with van der Waals surface area (Å²) in [5, 5.41) is 6.84. The SMILES string of the molecule is COCCCCN1c2c(cccc2C(=O)OC)NC1C(=O)N(CC(C)C)[C@@H]1CNC[C@H](C(=O)N2CCOCC2)C1.Cl.Cl. The van der Waals surface area contributed by atoms with E-state index in [9.17, 15) is 14.4 Å². The van der Waals surface area contributed by atoms with Crippen molar-refractivity contribution in [2.75, 3.05) is 83.5 Å². The first-order chi connectivity index (χ1) is 19.3. The van der Waals surface area contributed by atoms with Gasteiger partial charge in [-0.2, -0.15) is 0 Å². The Hall–Kier alpha value is -2.31. The summed E-state index contributed by atoms with van der Waals surface area (Å²) in [4.78, 5) is 46.3. The molecule has 2 N–H and O–H groups in total. The number of morpholine rings is 1. The lowest BCUT2D eigenvalue weighted by molar-refractivity contribution is -0.143. The van der Waals surface area contributed by atoms with Crippen LogP contribution in [0.2, 0.25) is 0 Å². The van der Waals surface area contributed by atoms with Crippen molar-refractivity contribution < 1.29 is 28.6 Å². The van der Waals surface area contributed by atoms with Crippen LogP contribution in [0.1, 0.15) is 43.5 Å². The lowest BCUT2D eigenvalue weighted by Crippen LogP contribution is -2.59. The third-order valence-corrected chi connectivity index (χ3v) is 7.85. The van der Waals surface area contributed by atoms with Gasteiger partial charge in [0.2, 0.25) is 5.91 Å². The van der Waals surface area contributed by atoms with Crippen LogP contribution in [0.5, 0.6) is 0 Å². The summed E-state index contributed by atoms with van der Waals surface area (Å²) in [6.07, 6.45) is 1.57. The van der Waals surface area contributed by atoms with Crippen LogP contribution in [-0.2, 0) is 23.8 Å². The molecule has 13 heteroatoms. The Kier molecular flexibility index (Phi) is 14.6. The molecule has 0 bridgehead atoms. The number of piperidine rings is 1. The summed E-state index contributed by atoms with van der Waals surface area (Å²) < 4.78 is 15.7. The largest absolute Gasteiger partial charge is 0.465 e. The van der Waals surface area contributed by atoms with Crippen LogP contribution in [0.3, 0.4) is 0 Å². The molecular weight excluding hydrogens is 585 g/mol. The molecule has 3 aliphatic heterocycles. The number of carbonyl (C=O) groups excluding carboxylic acids is 3. The summed E-state index contributed by atoms with van der Waals surface area (Å²) >= 11 is 0. The van der Waals surface area contributed by atoms with Crippen LogP contribution < -0.4 is 15.5 Å². The molecule has 11 nitrogen and oxygen atoms in total. The fourth-order valence-electron chi connectivity index (χ4n) is 5.92. The van der Waals surface area contributed by atoms with Crippen molar-refractivity contribution >= 4 is 54.0 Å². The van der Waals surface area contributed by atoms with Gasteiger partial charge in [-0.1, -0.05) is 19.9 Å².